The molecule has 0 atom stereocenters. The predicted molar refractivity (Wildman–Crippen MR) is 102 cm³/mol. The van der Waals surface area contributed by atoms with E-state index in [9.17, 15) is 9.59 Å². The molecule has 0 bridgehead atoms. The second kappa shape index (κ2) is 8.41. The Kier molecular flexibility index (Phi) is 6.00. The van der Waals surface area contributed by atoms with Crippen molar-refractivity contribution in [1.29, 1.82) is 0 Å². The zero-order chi connectivity index (χ0) is 17.6. The van der Waals surface area contributed by atoms with Crippen molar-refractivity contribution in [2.45, 2.75) is 24.3 Å². The van der Waals surface area contributed by atoms with Gasteiger partial charge in [0.05, 0.1) is 5.75 Å². The molecule has 4 nitrogen and oxygen atoms in total. The van der Waals surface area contributed by atoms with Crippen LogP contribution in [0.25, 0.3) is 0 Å². The van der Waals surface area contributed by atoms with Gasteiger partial charge in [0.2, 0.25) is 11.8 Å². The van der Waals surface area contributed by atoms with Crippen LogP contribution in [0.15, 0.2) is 53.4 Å². The zero-order valence-electron chi connectivity index (χ0n) is 13.7. The smallest absolute Gasteiger partial charge is 0.234 e. The van der Waals surface area contributed by atoms with Crippen molar-refractivity contribution in [3.8, 4) is 0 Å². The summed E-state index contributed by atoms with van der Waals surface area (Å²) in [4.78, 5) is 26.7. The first kappa shape index (κ1) is 17.8. The van der Waals surface area contributed by atoms with Crippen molar-refractivity contribution < 1.29 is 9.59 Å². The van der Waals surface area contributed by atoms with Crippen LogP contribution >= 0.6 is 23.4 Å². The summed E-state index contributed by atoms with van der Waals surface area (Å²) >= 11 is 7.32. The number of carbonyl (C=O) groups is 2. The number of benzene rings is 2. The minimum Gasteiger partial charge on any atom is -0.338 e. The lowest BCUT2D eigenvalue weighted by atomic mass is 10.2. The van der Waals surface area contributed by atoms with Crippen LogP contribution in [0.1, 0.15) is 18.4 Å². The number of amides is 2. The van der Waals surface area contributed by atoms with Crippen LogP contribution in [0.2, 0.25) is 5.02 Å². The molecule has 25 heavy (non-hydrogen) atoms. The fraction of sp³-hybridized carbons (Fsp3) is 0.263. The fourth-order valence-corrected chi connectivity index (χ4v) is 3.54. The van der Waals surface area contributed by atoms with Crippen molar-refractivity contribution in [3.05, 3.63) is 59.1 Å². The highest BCUT2D eigenvalue weighted by atomic mass is 35.5. The number of carbonyl (C=O) groups excluding carboxylic acids is 2. The van der Waals surface area contributed by atoms with Gasteiger partial charge < -0.3 is 10.2 Å². The summed E-state index contributed by atoms with van der Waals surface area (Å²) in [5.41, 5.74) is 1.78. The van der Waals surface area contributed by atoms with E-state index in [0.29, 0.717) is 23.7 Å². The maximum Gasteiger partial charge on any atom is 0.234 e. The lowest BCUT2D eigenvalue weighted by Gasteiger charge is -2.16. The molecule has 2 aromatic carbocycles. The summed E-state index contributed by atoms with van der Waals surface area (Å²) in [5.74, 6) is 0.472. The van der Waals surface area contributed by atoms with Crippen LogP contribution in [-0.4, -0.2) is 29.0 Å². The molecule has 1 saturated heterocycles. The highest BCUT2D eigenvalue weighted by Gasteiger charge is 2.20. The number of nitrogens with one attached hydrogen (secondary N) is 1. The van der Waals surface area contributed by atoms with E-state index >= 15 is 0 Å². The molecule has 0 unspecified atom stereocenters. The molecular weight excluding hydrogens is 356 g/mol. The van der Waals surface area contributed by atoms with Gasteiger partial charge in [-0.3, -0.25) is 9.59 Å². The average molecular weight is 375 g/mol. The quantitative estimate of drug-likeness (QED) is 0.771. The van der Waals surface area contributed by atoms with Gasteiger partial charge in [-0.25, -0.2) is 0 Å². The standard InChI is InChI=1S/C19H19ClN2O2S/c20-15-6-8-17(9-7-15)25-13-18(23)21-16-4-1-3-14(11-16)12-22-10-2-5-19(22)24/h1,3-4,6-9,11H,2,5,10,12-13H2,(H,21,23). The number of thioether (sulfide) groups is 1. The van der Waals surface area contributed by atoms with Crippen LogP contribution in [0.5, 0.6) is 0 Å². The summed E-state index contributed by atoms with van der Waals surface area (Å²) in [7, 11) is 0. The van der Waals surface area contributed by atoms with Crippen molar-refractivity contribution >= 4 is 40.9 Å². The molecule has 3 rings (SSSR count). The maximum absolute atomic E-state index is 12.1. The van der Waals surface area contributed by atoms with Crippen LogP contribution in [0, 0.1) is 0 Å². The molecule has 2 aromatic rings. The first-order chi connectivity index (χ1) is 12.1. The van der Waals surface area contributed by atoms with Gasteiger partial charge in [0.15, 0.2) is 0 Å². The second-order valence-electron chi connectivity index (χ2n) is 5.91. The number of hydrogen-bond acceptors (Lipinski definition) is 3. The Morgan fingerprint density at radius 1 is 1.20 bits per heavy atom. The SMILES string of the molecule is O=C(CSc1ccc(Cl)cc1)Nc1cccc(CN2CCCC2=O)c1. The van der Waals surface area contributed by atoms with Gasteiger partial charge in [-0.1, -0.05) is 23.7 Å². The Morgan fingerprint density at radius 2 is 2.00 bits per heavy atom. The summed E-state index contributed by atoms with van der Waals surface area (Å²) < 4.78 is 0. The minimum absolute atomic E-state index is 0.0608. The first-order valence-electron chi connectivity index (χ1n) is 8.15. The van der Waals surface area contributed by atoms with Gasteiger partial charge in [0, 0.05) is 35.1 Å². The Bertz CT molecular complexity index is 764. The second-order valence-corrected chi connectivity index (χ2v) is 7.40. The van der Waals surface area contributed by atoms with Crippen molar-refractivity contribution in [2.24, 2.45) is 0 Å². The molecule has 130 valence electrons. The van der Waals surface area contributed by atoms with E-state index in [1.54, 1.807) is 0 Å². The van der Waals surface area contributed by atoms with E-state index < -0.39 is 0 Å². The van der Waals surface area contributed by atoms with Crippen LogP contribution in [0.4, 0.5) is 5.69 Å². The van der Waals surface area contributed by atoms with Gasteiger partial charge >= 0.3 is 0 Å². The lowest BCUT2D eigenvalue weighted by Crippen LogP contribution is -2.23. The van der Waals surface area contributed by atoms with E-state index in [1.165, 1.54) is 11.8 Å². The predicted octanol–water partition coefficient (Wildman–Crippen LogP) is 4.19. The van der Waals surface area contributed by atoms with Gasteiger partial charge in [0.25, 0.3) is 0 Å². The Balaban J connectivity index is 1.53. The monoisotopic (exact) mass is 374 g/mol. The van der Waals surface area contributed by atoms with Gasteiger partial charge in [-0.05, 0) is 48.4 Å². The van der Waals surface area contributed by atoms with Gasteiger partial charge in [0.1, 0.15) is 0 Å². The average Bonchev–Trinajstić information content (AvgIpc) is 2.99. The summed E-state index contributed by atoms with van der Waals surface area (Å²) in [5, 5.41) is 3.59. The fourth-order valence-electron chi connectivity index (χ4n) is 2.72. The normalized spacial score (nSPS) is 14.0. The Labute approximate surface area is 156 Å². The lowest BCUT2D eigenvalue weighted by molar-refractivity contribution is -0.128. The number of likely N-dealkylation sites (tertiary alicyclic amines) is 1. The van der Waals surface area contributed by atoms with Crippen LogP contribution in [-0.2, 0) is 16.1 Å². The van der Waals surface area contributed by atoms with E-state index in [-0.39, 0.29) is 11.8 Å². The molecule has 0 spiro atoms. The molecule has 0 radical (unpaired) electrons. The number of anilines is 1. The zero-order valence-corrected chi connectivity index (χ0v) is 15.3. The Hall–Kier alpha value is -1.98. The third-order valence-electron chi connectivity index (χ3n) is 3.94. The van der Waals surface area contributed by atoms with E-state index in [1.807, 2.05) is 53.4 Å². The molecule has 0 aromatic heterocycles. The molecular formula is C19H19ClN2O2S. The molecule has 1 heterocycles. The minimum atomic E-state index is -0.0608. The van der Waals surface area contributed by atoms with Crippen molar-refractivity contribution in [2.75, 3.05) is 17.6 Å². The van der Waals surface area contributed by atoms with Crippen molar-refractivity contribution in [1.82, 2.24) is 4.90 Å². The Morgan fingerprint density at radius 3 is 2.72 bits per heavy atom. The summed E-state index contributed by atoms with van der Waals surface area (Å²) in [6.07, 6.45) is 1.57. The molecule has 0 saturated carbocycles. The van der Waals surface area contributed by atoms with Crippen LogP contribution in [0.3, 0.4) is 0 Å². The van der Waals surface area contributed by atoms with Crippen molar-refractivity contribution in [3.63, 3.8) is 0 Å². The number of rotatable bonds is 6. The van der Waals surface area contributed by atoms with E-state index in [2.05, 4.69) is 5.32 Å². The van der Waals surface area contributed by atoms with E-state index in [4.69, 9.17) is 11.6 Å². The molecule has 1 N–H and O–H groups in total. The number of halogens is 1. The molecule has 1 aliphatic heterocycles. The maximum atomic E-state index is 12.1. The molecule has 6 heteroatoms. The number of hydrogen-bond donors (Lipinski definition) is 1. The van der Waals surface area contributed by atoms with Crippen LogP contribution < -0.4 is 5.32 Å². The number of nitrogens with zero attached hydrogens (tertiary/aromatic N) is 1. The molecule has 1 fully saturated rings. The highest BCUT2D eigenvalue weighted by Crippen LogP contribution is 2.21. The van der Waals surface area contributed by atoms with Gasteiger partial charge in [-0.15, -0.1) is 11.8 Å². The third-order valence-corrected chi connectivity index (χ3v) is 5.20. The molecule has 2 amide bonds. The summed E-state index contributed by atoms with van der Waals surface area (Å²) in [6, 6.07) is 15.1. The largest absolute Gasteiger partial charge is 0.338 e. The molecule has 1 aliphatic rings. The third kappa shape index (κ3) is 5.25. The van der Waals surface area contributed by atoms with Gasteiger partial charge in [-0.2, -0.15) is 0 Å². The highest BCUT2D eigenvalue weighted by molar-refractivity contribution is 8.00. The van der Waals surface area contributed by atoms with E-state index in [0.717, 1.165) is 29.1 Å². The summed E-state index contributed by atoms with van der Waals surface area (Å²) in [6.45, 7) is 1.41. The first-order valence-corrected chi connectivity index (χ1v) is 9.51. The molecule has 0 aliphatic carbocycles. The topological polar surface area (TPSA) is 49.4 Å².